The maximum Gasteiger partial charge on any atom is 0.349 e. The molecule has 1 aromatic heterocycles. The maximum atomic E-state index is 14.5. The summed E-state index contributed by atoms with van der Waals surface area (Å²) >= 11 is 0. The van der Waals surface area contributed by atoms with Crippen molar-refractivity contribution in [1.29, 1.82) is 0 Å². The lowest BCUT2D eigenvalue weighted by atomic mass is 10.1. The summed E-state index contributed by atoms with van der Waals surface area (Å²) in [5.41, 5.74) is 6.50. The van der Waals surface area contributed by atoms with Gasteiger partial charge in [0.15, 0.2) is 12.4 Å². The van der Waals surface area contributed by atoms with Crippen molar-refractivity contribution in [2.45, 2.75) is 51.1 Å². The Morgan fingerprint density at radius 3 is 2.96 bits per heavy atom. The van der Waals surface area contributed by atoms with Gasteiger partial charge < -0.3 is 14.6 Å². The molecule has 1 aromatic rings. The Morgan fingerprint density at radius 1 is 1.70 bits per heavy atom. The van der Waals surface area contributed by atoms with Crippen LogP contribution in [0.5, 0.6) is 0 Å². The van der Waals surface area contributed by atoms with E-state index in [0.717, 1.165) is 4.57 Å². The van der Waals surface area contributed by atoms with E-state index < -0.39 is 29.9 Å². The molecule has 0 aromatic carbocycles. The molecule has 0 spiro atoms. The van der Waals surface area contributed by atoms with Crippen molar-refractivity contribution in [2.24, 2.45) is 5.11 Å². The van der Waals surface area contributed by atoms with Crippen LogP contribution >= 0.6 is 0 Å². The van der Waals surface area contributed by atoms with Crippen LogP contribution in [0, 0.1) is 6.92 Å². The SMILES string of the molecule is Cc1ccn([C@@H]2O[C@@](COC(C)C)(N=[N+]=[N-])[C@@H](O)[C@@H]2F)c(=O)n1. The smallest absolute Gasteiger partial charge is 0.349 e. The number of rotatable bonds is 5. The van der Waals surface area contributed by atoms with Crippen LogP contribution in [0.3, 0.4) is 0 Å². The fourth-order valence-corrected chi connectivity index (χ4v) is 2.24. The molecule has 0 bridgehead atoms. The molecule has 0 aliphatic carbocycles. The van der Waals surface area contributed by atoms with Gasteiger partial charge in [0.25, 0.3) is 0 Å². The first-order chi connectivity index (χ1) is 10.8. The van der Waals surface area contributed by atoms with Gasteiger partial charge in [-0.3, -0.25) is 4.57 Å². The quantitative estimate of drug-likeness (QED) is 0.495. The number of nitrogens with zero attached hydrogens (tertiary/aromatic N) is 5. The summed E-state index contributed by atoms with van der Waals surface area (Å²) in [5, 5.41) is 13.5. The van der Waals surface area contributed by atoms with Crippen LogP contribution in [0.2, 0.25) is 0 Å². The second-order valence-electron chi connectivity index (χ2n) is 5.55. The number of azide groups is 1. The molecule has 1 N–H and O–H groups in total. The average Bonchev–Trinajstić information content (AvgIpc) is 2.72. The molecule has 1 aliphatic rings. The summed E-state index contributed by atoms with van der Waals surface area (Å²) in [4.78, 5) is 18.2. The molecular formula is C13H18FN5O4. The van der Waals surface area contributed by atoms with Crippen LogP contribution in [-0.4, -0.2) is 45.4 Å². The molecule has 10 heteroatoms. The number of aliphatic hydroxyl groups is 1. The molecule has 23 heavy (non-hydrogen) atoms. The number of aliphatic hydroxyl groups excluding tert-OH is 1. The standard InChI is InChI=1S/C13H18FN5O4/c1-7(2)22-6-13(17-18-15)10(20)9(14)11(23-13)19-5-4-8(3)16-12(19)21/h4-5,7,9-11,20H,6H2,1-3H3/t9-,10-,11+,13+/m0/s1. The number of halogens is 1. The number of ether oxygens (including phenoxy) is 2. The van der Waals surface area contributed by atoms with Crippen molar-refractivity contribution in [1.82, 2.24) is 9.55 Å². The summed E-state index contributed by atoms with van der Waals surface area (Å²) in [7, 11) is 0. The number of alkyl halides is 1. The van der Waals surface area contributed by atoms with Crippen LogP contribution in [0.1, 0.15) is 25.8 Å². The van der Waals surface area contributed by atoms with E-state index in [1.807, 2.05) is 0 Å². The third kappa shape index (κ3) is 3.35. The highest BCUT2D eigenvalue weighted by atomic mass is 19.1. The molecule has 2 heterocycles. The third-order valence-electron chi connectivity index (χ3n) is 3.44. The predicted molar refractivity (Wildman–Crippen MR) is 77.2 cm³/mol. The molecular weight excluding hydrogens is 309 g/mol. The molecule has 0 unspecified atom stereocenters. The predicted octanol–water partition coefficient (Wildman–Crippen LogP) is 1.21. The zero-order chi connectivity index (χ0) is 17.2. The van der Waals surface area contributed by atoms with E-state index in [1.165, 1.54) is 12.3 Å². The van der Waals surface area contributed by atoms with E-state index in [2.05, 4.69) is 15.0 Å². The van der Waals surface area contributed by atoms with Gasteiger partial charge >= 0.3 is 5.69 Å². The lowest BCUT2D eigenvalue weighted by Crippen LogP contribution is -2.44. The van der Waals surface area contributed by atoms with E-state index in [9.17, 15) is 14.3 Å². The van der Waals surface area contributed by atoms with Gasteiger partial charge in [-0.25, -0.2) is 9.18 Å². The largest absolute Gasteiger partial charge is 0.387 e. The third-order valence-corrected chi connectivity index (χ3v) is 3.44. The molecule has 1 fully saturated rings. The van der Waals surface area contributed by atoms with E-state index in [4.69, 9.17) is 15.0 Å². The molecule has 1 saturated heterocycles. The minimum Gasteiger partial charge on any atom is -0.387 e. The zero-order valence-corrected chi connectivity index (χ0v) is 13.0. The Hall–Kier alpha value is -2.00. The van der Waals surface area contributed by atoms with E-state index in [0.29, 0.717) is 5.69 Å². The lowest BCUT2D eigenvalue weighted by Gasteiger charge is -2.27. The van der Waals surface area contributed by atoms with Gasteiger partial charge in [-0.1, -0.05) is 5.11 Å². The molecule has 1 aliphatic heterocycles. The minimum absolute atomic E-state index is 0.252. The van der Waals surface area contributed by atoms with E-state index >= 15 is 0 Å². The van der Waals surface area contributed by atoms with Gasteiger partial charge in [0, 0.05) is 16.8 Å². The van der Waals surface area contributed by atoms with Gasteiger partial charge in [-0.05, 0) is 32.4 Å². The molecule has 0 saturated carbocycles. The fourth-order valence-electron chi connectivity index (χ4n) is 2.24. The van der Waals surface area contributed by atoms with Crippen LogP contribution < -0.4 is 5.69 Å². The lowest BCUT2D eigenvalue weighted by molar-refractivity contribution is -0.145. The summed E-state index contributed by atoms with van der Waals surface area (Å²) in [6.45, 7) is 4.72. The Balaban J connectivity index is 2.38. The highest BCUT2D eigenvalue weighted by Crippen LogP contribution is 2.40. The van der Waals surface area contributed by atoms with Crippen LogP contribution in [0.4, 0.5) is 4.39 Å². The van der Waals surface area contributed by atoms with Crippen molar-refractivity contribution in [3.05, 3.63) is 38.9 Å². The molecule has 0 amide bonds. The molecule has 126 valence electrons. The first kappa shape index (κ1) is 17.4. The van der Waals surface area contributed by atoms with Gasteiger partial charge in [-0.2, -0.15) is 4.98 Å². The second kappa shape index (κ2) is 6.63. The topological polar surface area (TPSA) is 122 Å². The Bertz CT molecular complexity index is 675. The van der Waals surface area contributed by atoms with Crippen molar-refractivity contribution in [2.75, 3.05) is 6.61 Å². The summed E-state index contributed by atoms with van der Waals surface area (Å²) < 4.78 is 26.1. The number of aryl methyl sites for hydroxylation is 1. The fraction of sp³-hybridized carbons (Fsp3) is 0.692. The first-order valence-electron chi connectivity index (χ1n) is 7.04. The highest BCUT2D eigenvalue weighted by molar-refractivity contribution is 5.03. The Morgan fingerprint density at radius 2 is 2.39 bits per heavy atom. The molecule has 4 atom stereocenters. The van der Waals surface area contributed by atoms with Crippen LogP contribution in [0.15, 0.2) is 22.2 Å². The number of aromatic nitrogens is 2. The van der Waals surface area contributed by atoms with Gasteiger partial charge in [-0.15, -0.1) is 0 Å². The van der Waals surface area contributed by atoms with Crippen molar-refractivity contribution in [3.8, 4) is 0 Å². The van der Waals surface area contributed by atoms with E-state index in [-0.39, 0.29) is 12.7 Å². The van der Waals surface area contributed by atoms with Crippen LogP contribution in [-0.2, 0) is 9.47 Å². The average molecular weight is 327 g/mol. The van der Waals surface area contributed by atoms with Gasteiger partial charge in [0.05, 0.1) is 12.7 Å². The van der Waals surface area contributed by atoms with Gasteiger partial charge in [0.2, 0.25) is 5.72 Å². The summed E-state index contributed by atoms with van der Waals surface area (Å²) in [5.74, 6) is 0. The van der Waals surface area contributed by atoms with Crippen molar-refractivity contribution >= 4 is 0 Å². The molecule has 0 radical (unpaired) electrons. The van der Waals surface area contributed by atoms with Crippen molar-refractivity contribution in [3.63, 3.8) is 0 Å². The monoisotopic (exact) mass is 327 g/mol. The zero-order valence-electron chi connectivity index (χ0n) is 13.0. The Kier molecular flexibility index (Phi) is 5.00. The van der Waals surface area contributed by atoms with Crippen molar-refractivity contribution < 1.29 is 19.0 Å². The summed E-state index contributed by atoms with van der Waals surface area (Å²) in [6.07, 6.45) is -4.18. The van der Waals surface area contributed by atoms with Crippen LogP contribution in [0.25, 0.3) is 10.4 Å². The number of hydrogen-bond acceptors (Lipinski definition) is 6. The van der Waals surface area contributed by atoms with E-state index in [1.54, 1.807) is 20.8 Å². The second-order valence-corrected chi connectivity index (χ2v) is 5.55. The molecule has 9 nitrogen and oxygen atoms in total. The summed E-state index contributed by atoms with van der Waals surface area (Å²) in [6, 6.07) is 1.50. The normalized spacial score (nSPS) is 30.4. The highest BCUT2D eigenvalue weighted by Gasteiger charge is 2.56. The minimum atomic E-state index is -1.99. The Labute approximate surface area is 131 Å². The molecule has 2 rings (SSSR count). The first-order valence-corrected chi connectivity index (χ1v) is 7.04. The maximum absolute atomic E-state index is 14.5. The number of hydrogen-bond donors (Lipinski definition) is 1. The van der Waals surface area contributed by atoms with Gasteiger partial charge in [0.1, 0.15) is 6.10 Å².